The van der Waals surface area contributed by atoms with Crippen LogP contribution in [0.4, 0.5) is 0 Å². The number of aromatic nitrogens is 1. The normalized spacial score (nSPS) is 18.9. The van der Waals surface area contributed by atoms with Gasteiger partial charge in [0.1, 0.15) is 5.75 Å². The van der Waals surface area contributed by atoms with Gasteiger partial charge in [0.25, 0.3) is 0 Å². The van der Waals surface area contributed by atoms with Crippen molar-refractivity contribution in [1.82, 2.24) is 10.3 Å². The first-order valence-electron chi connectivity index (χ1n) is 6.03. The molecule has 1 aliphatic rings. The first kappa shape index (κ1) is 12.3. The monoisotopic (exact) mass is 236 g/mol. The third kappa shape index (κ3) is 2.96. The molecule has 4 nitrogen and oxygen atoms in total. The van der Waals surface area contributed by atoms with Gasteiger partial charge in [-0.25, -0.2) is 0 Å². The molecule has 0 saturated carbocycles. The van der Waals surface area contributed by atoms with Gasteiger partial charge in [0.05, 0.1) is 18.9 Å². The Kier molecular flexibility index (Phi) is 3.97. The van der Waals surface area contributed by atoms with E-state index in [-0.39, 0.29) is 5.60 Å². The van der Waals surface area contributed by atoms with Crippen molar-refractivity contribution in [3.8, 4) is 5.75 Å². The predicted molar refractivity (Wildman–Crippen MR) is 66.3 cm³/mol. The zero-order chi connectivity index (χ0) is 12.1. The van der Waals surface area contributed by atoms with Crippen molar-refractivity contribution in [2.75, 3.05) is 27.3 Å². The summed E-state index contributed by atoms with van der Waals surface area (Å²) in [5.41, 5.74) is 1.02. The van der Waals surface area contributed by atoms with Crippen LogP contribution < -0.4 is 10.1 Å². The fraction of sp³-hybridized carbons (Fsp3) is 0.615. The molecule has 1 aromatic rings. The quantitative estimate of drug-likeness (QED) is 0.858. The molecule has 0 aromatic carbocycles. The van der Waals surface area contributed by atoms with Gasteiger partial charge in [0.15, 0.2) is 0 Å². The highest BCUT2D eigenvalue weighted by molar-refractivity contribution is 5.20. The van der Waals surface area contributed by atoms with Crippen LogP contribution in [0.5, 0.6) is 5.75 Å². The molecule has 0 aliphatic carbocycles. The van der Waals surface area contributed by atoms with Gasteiger partial charge in [-0.3, -0.25) is 4.98 Å². The smallest absolute Gasteiger partial charge is 0.137 e. The van der Waals surface area contributed by atoms with Crippen molar-refractivity contribution in [3.05, 3.63) is 24.0 Å². The van der Waals surface area contributed by atoms with E-state index in [1.807, 2.05) is 12.1 Å². The molecule has 94 valence electrons. The number of pyridine rings is 1. The Morgan fingerprint density at radius 1 is 1.29 bits per heavy atom. The Hall–Kier alpha value is -1.13. The summed E-state index contributed by atoms with van der Waals surface area (Å²) in [6, 6.07) is 3.97. The second kappa shape index (κ2) is 5.47. The highest BCUT2D eigenvalue weighted by Crippen LogP contribution is 2.26. The fourth-order valence-electron chi connectivity index (χ4n) is 2.30. The van der Waals surface area contributed by atoms with E-state index in [0.717, 1.165) is 43.8 Å². The second-order valence-electron chi connectivity index (χ2n) is 4.50. The summed E-state index contributed by atoms with van der Waals surface area (Å²) < 4.78 is 10.8. The number of rotatable bonds is 4. The number of piperidine rings is 1. The molecule has 0 bridgehead atoms. The summed E-state index contributed by atoms with van der Waals surface area (Å²) >= 11 is 0. The molecule has 1 N–H and O–H groups in total. The van der Waals surface area contributed by atoms with Crippen molar-refractivity contribution in [2.45, 2.75) is 24.9 Å². The zero-order valence-corrected chi connectivity index (χ0v) is 10.5. The van der Waals surface area contributed by atoms with Crippen LogP contribution in [0.3, 0.4) is 0 Å². The van der Waals surface area contributed by atoms with Crippen LogP contribution in [-0.4, -0.2) is 37.9 Å². The lowest BCUT2D eigenvalue weighted by molar-refractivity contribution is -0.0340. The third-order valence-corrected chi connectivity index (χ3v) is 3.48. The van der Waals surface area contributed by atoms with Crippen LogP contribution in [0.1, 0.15) is 18.5 Å². The molecule has 2 heterocycles. The van der Waals surface area contributed by atoms with E-state index in [4.69, 9.17) is 9.47 Å². The standard InChI is InChI=1S/C13H20N2O2/c1-16-12-4-3-11(15-10-12)9-13(17-2)5-7-14-8-6-13/h3-4,10,14H,5-9H2,1-2H3. The highest BCUT2D eigenvalue weighted by Gasteiger charge is 2.32. The third-order valence-electron chi connectivity index (χ3n) is 3.48. The maximum Gasteiger partial charge on any atom is 0.137 e. The predicted octanol–water partition coefficient (Wildman–Crippen LogP) is 1.40. The van der Waals surface area contributed by atoms with Crippen molar-refractivity contribution in [2.24, 2.45) is 0 Å². The van der Waals surface area contributed by atoms with Gasteiger partial charge in [-0.2, -0.15) is 0 Å². The van der Waals surface area contributed by atoms with Crippen molar-refractivity contribution < 1.29 is 9.47 Å². The number of hydrogen-bond donors (Lipinski definition) is 1. The second-order valence-corrected chi connectivity index (χ2v) is 4.50. The average Bonchev–Trinajstić information content (AvgIpc) is 2.41. The maximum absolute atomic E-state index is 5.73. The molecular formula is C13H20N2O2. The van der Waals surface area contributed by atoms with Gasteiger partial charge in [-0.15, -0.1) is 0 Å². The molecule has 4 heteroatoms. The molecule has 1 fully saturated rings. The lowest BCUT2D eigenvalue weighted by Crippen LogP contribution is -2.45. The van der Waals surface area contributed by atoms with Gasteiger partial charge < -0.3 is 14.8 Å². The summed E-state index contributed by atoms with van der Waals surface area (Å²) in [6.07, 6.45) is 4.71. The minimum atomic E-state index is -0.0488. The summed E-state index contributed by atoms with van der Waals surface area (Å²) in [5, 5.41) is 3.36. The number of hydrogen-bond acceptors (Lipinski definition) is 4. The minimum absolute atomic E-state index is 0.0488. The lowest BCUT2D eigenvalue weighted by atomic mass is 9.87. The Bertz CT molecular complexity index is 345. The van der Waals surface area contributed by atoms with E-state index >= 15 is 0 Å². The molecule has 2 rings (SSSR count). The van der Waals surface area contributed by atoms with E-state index in [1.54, 1.807) is 20.4 Å². The molecule has 0 spiro atoms. The van der Waals surface area contributed by atoms with E-state index in [0.29, 0.717) is 0 Å². The van der Waals surface area contributed by atoms with Gasteiger partial charge in [0.2, 0.25) is 0 Å². The number of nitrogens with zero attached hydrogens (tertiary/aromatic N) is 1. The van der Waals surface area contributed by atoms with Crippen molar-refractivity contribution in [1.29, 1.82) is 0 Å². The van der Waals surface area contributed by atoms with Crippen LogP contribution in [0, 0.1) is 0 Å². The van der Waals surface area contributed by atoms with Gasteiger partial charge in [-0.05, 0) is 38.1 Å². The molecule has 1 aliphatic heterocycles. The van der Waals surface area contributed by atoms with Gasteiger partial charge in [0, 0.05) is 19.2 Å². The summed E-state index contributed by atoms with van der Waals surface area (Å²) in [7, 11) is 3.45. The first-order valence-corrected chi connectivity index (χ1v) is 6.03. The molecule has 17 heavy (non-hydrogen) atoms. The molecule has 0 radical (unpaired) electrons. The Morgan fingerprint density at radius 3 is 2.59 bits per heavy atom. The zero-order valence-electron chi connectivity index (χ0n) is 10.5. The summed E-state index contributed by atoms with van der Waals surface area (Å²) in [6.45, 7) is 2.04. The first-order chi connectivity index (χ1) is 8.28. The van der Waals surface area contributed by atoms with E-state index in [1.165, 1.54) is 0 Å². The Labute approximate surface area is 102 Å². The van der Waals surface area contributed by atoms with Crippen LogP contribution >= 0.6 is 0 Å². The van der Waals surface area contributed by atoms with Crippen LogP contribution in [0.25, 0.3) is 0 Å². The van der Waals surface area contributed by atoms with E-state index < -0.39 is 0 Å². The topological polar surface area (TPSA) is 43.4 Å². The molecule has 0 amide bonds. The molecule has 0 unspecified atom stereocenters. The molecule has 0 atom stereocenters. The lowest BCUT2D eigenvalue weighted by Gasteiger charge is -2.36. The van der Waals surface area contributed by atoms with Crippen LogP contribution in [0.15, 0.2) is 18.3 Å². The summed E-state index contributed by atoms with van der Waals surface area (Å²) in [5.74, 6) is 0.797. The van der Waals surface area contributed by atoms with E-state index in [9.17, 15) is 0 Å². The fourth-order valence-corrected chi connectivity index (χ4v) is 2.30. The Balaban J connectivity index is 2.06. The largest absolute Gasteiger partial charge is 0.495 e. The van der Waals surface area contributed by atoms with Crippen molar-refractivity contribution in [3.63, 3.8) is 0 Å². The van der Waals surface area contributed by atoms with E-state index in [2.05, 4.69) is 10.3 Å². The molecule has 1 aromatic heterocycles. The molecular weight excluding hydrogens is 216 g/mol. The average molecular weight is 236 g/mol. The van der Waals surface area contributed by atoms with Crippen LogP contribution in [0.2, 0.25) is 0 Å². The number of ether oxygens (including phenoxy) is 2. The minimum Gasteiger partial charge on any atom is -0.495 e. The summed E-state index contributed by atoms with van der Waals surface area (Å²) in [4.78, 5) is 4.41. The van der Waals surface area contributed by atoms with Crippen LogP contribution in [-0.2, 0) is 11.2 Å². The van der Waals surface area contributed by atoms with Gasteiger partial charge in [-0.1, -0.05) is 0 Å². The molecule has 1 saturated heterocycles. The SMILES string of the molecule is COc1ccc(CC2(OC)CCNCC2)nc1. The number of nitrogens with one attached hydrogen (secondary N) is 1. The number of methoxy groups -OCH3 is 2. The maximum atomic E-state index is 5.73. The highest BCUT2D eigenvalue weighted by atomic mass is 16.5. The van der Waals surface area contributed by atoms with Gasteiger partial charge >= 0.3 is 0 Å². The Morgan fingerprint density at radius 2 is 2.06 bits per heavy atom. The van der Waals surface area contributed by atoms with Crippen molar-refractivity contribution >= 4 is 0 Å².